The Labute approximate surface area is 143 Å². The molecule has 1 N–H and O–H groups in total. The number of carbonyl (C=O) groups is 1. The molecule has 0 fully saturated rings. The van der Waals surface area contributed by atoms with Crippen LogP contribution in [0.15, 0.2) is 54.6 Å². The molecular weight excluding hydrogens is 296 g/mol. The predicted molar refractivity (Wildman–Crippen MR) is 99.1 cm³/mol. The predicted octanol–water partition coefficient (Wildman–Crippen LogP) is 4.96. The zero-order chi connectivity index (χ0) is 17.3. The van der Waals surface area contributed by atoms with Crippen molar-refractivity contribution in [3.63, 3.8) is 0 Å². The molecule has 0 radical (unpaired) electrons. The van der Waals surface area contributed by atoms with E-state index in [4.69, 9.17) is 0 Å². The monoisotopic (exact) mass is 318 g/mol. The number of rotatable bonds is 3. The van der Waals surface area contributed by atoms with E-state index in [9.17, 15) is 4.79 Å². The summed E-state index contributed by atoms with van der Waals surface area (Å²) in [7, 11) is 0. The Kier molecular flexibility index (Phi) is 4.26. The van der Waals surface area contributed by atoms with Gasteiger partial charge in [-0.2, -0.15) is 0 Å². The van der Waals surface area contributed by atoms with Crippen LogP contribution in [0.5, 0.6) is 0 Å². The molecule has 3 rings (SSSR count). The maximum atomic E-state index is 12.8. The van der Waals surface area contributed by atoms with Gasteiger partial charge in [0.15, 0.2) is 0 Å². The van der Waals surface area contributed by atoms with Gasteiger partial charge in [0.1, 0.15) is 0 Å². The second kappa shape index (κ2) is 6.36. The molecule has 1 amide bonds. The lowest BCUT2D eigenvalue weighted by molar-refractivity contribution is 0.102. The highest BCUT2D eigenvalue weighted by molar-refractivity contribution is 6.05. The lowest BCUT2D eigenvalue weighted by Gasteiger charge is -2.11. The molecule has 0 unspecified atom stereocenters. The Bertz CT molecular complexity index is 892. The van der Waals surface area contributed by atoms with Crippen LogP contribution in [-0.4, -0.2) is 10.5 Å². The minimum Gasteiger partial charge on any atom is -0.322 e. The van der Waals surface area contributed by atoms with Crippen molar-refractivity contribution >= 4 is 11.6 Å². The molecule has 3 heteroatoms. The molecule has 1 heterocycles. The SMILES string of the molecule is Cc1ccc(C)c(NC(=O)c2cc(C)n(-c3ccccc3)c2C)c1. The summed E-state index contributed by atoms with van der Waals surface area (Å²) in [6.07, 6.45) is 0. The van der Waals surface area contributed by atoms with Crippen molar-refractivity contribution in [3.8, 4) is 5.69 Å². The topological polar surface area (TPSA) is 34.0 Å². The third-order valence-electron chi connectivity index (χ3n) is 4.33. The van der Waals surface area contributed by atoms with E-state index in [-0.39, 0.29) is 5.91 Å². The standard InChI is InChI=1S/C21H22N2O/c1-14-10-11-15(2)20(12-14)22-21(24)19-13-16(3)23(17(19)4)18-8-6-5-7-9-18/h5-13H,1-4H3,(H,22,24). The van der Waals surface area contributed by atoms with Gasteiger partial charge in [-0.1, -0.05) is 30.3 Å². The molecule has 0 atom stereocenters. The van der Waals surface area contributed by atoms with Crippen molar-refractivity contribution in [3.05, 3.63) is 82.7 Å². The Morgan fingerprint density at radius 3 is 2.33 bits per heavy atom. The maximum absolute atomic E-state index is 12.8. The first-order valence-electron chi connectivity index (χ1n) is 8.10. The Balaban J connectivity index is 1.96. The first-order chi connectivity index (χ1) is 11.5. The van der Waals surface area contributed by atoms with E-state index < -0.39 is 0 Å². The third kappa shape index (κ3) is 2.98. The van der Waals surface area contributed by atoms with E-state index >= 15 is 0 Å². The van der Waals surface area contributed by atoms with Crippen LogP contribution in [0.3, 0.4) is 0 Å². The first-order valence-corrected chi connectivity index (χ1v) is 8.10. The molecule has 0 saturated carbocycles. The van der Waals surface area contributed by atoms with E-state index in [0.717, 1.165) is 33.9 Å². The summed E-state index contributed by atoms with van der Waals surface area (Å²) in [4.78, 5) is 12.8. The Morgan fingerprint density at radius 2 is 1.62 bits per heavy atom. The van der Waals surface area contributed by atoms with Crippen molar-refractivity contribution in [2.75, 3.05) is 5.32 Å². The molecule has 0 aliphatic rings. The second-order valence-corrected chi connectivity index (χ2v) is 6.23. The van der Waals surface area contributed by atoms with Crippen molar-refractivity contribution in [1.29, 1.82) is 0 Å². The lowest BCUT2D eigenvalue weighted by Crippen LogP contribution is -2.14. The summed E-state index contributed by atoms with van der Waals surface area (Å²) in [6, 6.07) is 18.1. The number of aryl methyl sites for hydroxylation is 3. The summed E-state index contributed by atoms with van der Waals surface area (Å²) in [6.45, 7) is 8.03. The van der Waals surface area contributed by atoms with Gasteiger partial charge >= 0.3 is 0 Å². The molecular formula is C21H22N2O. The average molecular weight is 318 g/mol. The lowest BCUT2D eigenvalue weighted by atomic mass is 10.1. The maximum Gasteiger partial charge on any atom is 0.257 e. The van der Waals surface area contributed by atoms with Crippen LogP contribution in [0.25, 0.3) is 5.69 Å². The minimum absolute atomic E-state index is 0.0704. The van der Waals surface area contributed by atoms with E-state index in [1.807, 2.05) is 82.3 Å². The molecule has 0 spiro atoms. The van der Waals surface area contributed by atoms with Gasteiger partial charge in [0, 0.05) is 22.8 Å². The molecule has 0 aliphatic heterocycles. The summed E-state index contributed by atoms with van der Waals surface area (Å²) < 4.78 is 2.11. The molecule has 0 aliphatic carbocycles. The highest BCUT2D eigenvalue weighted by Gasteiger charge is 2.17. The van der Waals surface area contributed by atoms with Crippen LogP contribution in [-0.2, 0) is 0 Å². The molecule has 3 aromatic rings. The van der Waals surface area contributed by atoms with Crippen LogP contribution < -0.4 is 5.32 Å². The smallest absolute Gasteiger partial charge is 0.257 e. The molecule has 3 nitrogen and oxygen atoms in total. The Morgan fingerprint density at radius 1 is 0.917 bits per heavy atom. The van der Waals surface area contributed by atoms with Crippen LogP contribution in [0.2, 0.25) is 0 Å². The normalized spacial score (nSPS) is 10.7. The van der Waals surface area contributed by atoms with Crippen molar-refractivity contribution < 1.29 is 4.79 Å². The van der Waals surface area contributed by atoms with Gasteiger partial charge in [-0.3, -0.25) is 4.79 Å². The van der Waals surface area contributed by atoms with Gasteiger partial charge in [0.25, 0.3) is 5.91 Å². The molecule has 0 saturated heterocycles. The molecule has 122 valence electrons. The van der Waals surface area contributed by atoms with Crippen LogP contribution in [0.4, 0.5) is 5.69 Å². The molecule has 2 aromatic carbocycles. The number of amides is 1. The van der Waals surface area contributed by atoms with Crippen molar-refractivity contribution in [2.24, 2.45) is 0 Å². The summed E-state index contributed by atoms with van der Waals surface area (Å²) >= 11 is 0. The zero-order valence-corrected chi connectivity index (χ0v) is 14.6. The number of anilines is 1. The van der Waals surface area contributed by atoms with Gasteiger partial charge in [-0.15, -0.1) is 0 Å². The number of benzene rings is 2. The fraction of sp³-hybridized carbons (Fsp3) is 0.190. The van der Waals surface area contributed by atoms with Gasteiger partial charge < -0.3 is 9.88 Å². The van der Waals surface area contributed by atoms with E-state index in [1.54, 1.807) is 0 Å². The van der Waals surface area contributed by atoms with Crippen LogP contribution >= 0.6 is 0 Å². The number of nitrogens with one attached hydrogen (secondary N) is 1. The van der Waals surface area contributed by atoms with Crippen LogP contribution in [0.1, 0.15) is 32.9 Å². The minimum atomic E-state index is -0.0704. The zero-order valence-electron chi connectivity index (χ0n) is 14.6. The summed E-state index contributed by atoms with van der Waals surface area (Å²) in [5.74, 6) is -0.0704. The largest absolute Gasteiger partial charge is 0.322 e. The fourth-order valence-electron chi connectivity index (χ4n) is 3.03. The number of hydrogen-bond acceptors (Lipinski definition) is 1. The highest BCUT2D eigenvalue weighted by atomic mass is 16.1. The number of para-hydroxylation sites is 1. The average Bonchev–Trinajstić information content (AvgIpc) is 2.86. The van der Waals surface area contributed by atoms with Gasteiger partial charge in [0.2, 0.25) is 0 Å². The van der Waals surface area contributed by atoms with Gasteiger partial charge in [-0.05, 0) is 63.1 Å². The van der Waals surface area contributed by atoms with Crippen molar-refractivity contribution in [1.82, 2.24) is 4.57 Å². The van der Waals surface area contributed by atoms with Gasteiger partial charge in [0.05, 0.1) is 5.56 Å². The second-order valence-electron chi connectivity index (χ2n) is 6.23. The number of hydrogen-bond donors (Lipinski definition) is 1. The van der Waals surface area contributed by atoms with Crippen molar-refractivity contribution in [2.45, 2.75) is 27.7 Å². The molecule has 24 heavy (non-hydrogen) atoms. The van der Waals surface area contributed by atoms with E-state index in [0.29, 0.717) is 5.56 Å². The number of carbonyl (C=O) groups excluding carboxylic acids is 1. The molecule has 1 aromatic heterocycles. The fourth-order valence-corrected chi connectivity index (χ4v) is 3.03. The number of nitrogens with zero attached hydrogens (tertiary/aromatic N) is 1. The third-order valence-corrected chi connectivity index (χ3v) is 4.33. The van der Waals surface area contributed by atoms with E-state index in [2.05, 4.69) is 9.88 Å². The quantitative estimate of drug-likeness (QED) is 0.727. The number of aromatic nitrogens is 1. The van der Waals surface area contributed by atoms with E-state index in [1.165, 1.54) is 0 Å². The van der Waals surface area contributed by atoms with Gasteiger partial charge in [-0.25, -0.2) is 0 Å². The Hall–Kier alpha value is -2.81. The molecule has 0 bridgehead atoms. The summed E-state index contributed by atoms with van der Waals surface area (Å²) in [5.41, 5.74) is 6.82. The summed E-state index contributed by atoms with van der Waals surface area (Å²) in [5, 5.41) is 3.05. The highest BCUT2D eigenvalue weighted by Crippen LogP contribution is 2.23. The van der Waals surface area contributed by atoms with Crippen LogP contribution in [0, 0.1) is 27.7 Å². The first kappa shape index (κ1) is 16.1.